The van der Waals surface area contributed by atoms with Gasteiger partial charge in [-0.15, -0.1) is 12.4 Å². The molecule has 0 unspecified atom stereocenters. The molecule has 42 heavy (non-hydrogen) atoms. The van der Waals surface area contributed by atoms with Crippen molar-refractivity contribution in [3.05, 3.63) is 108 Å². The molecule has 0 radical (unpaired) electrons. The van der Waals surface area contributed by atoms with E-state index in [1.807, 2.05) is 0 Å². The predicted octanol–water partition coefficient (Wildman–Crippen LogP) is 7.37. The van der Waals surface area contributed by atoms with Crippen LogP contribution in [0.3, 0.4) is 0 Å². The van der Waals surface area contributed by atoms with E-state index >= 15 is 0 Å². The van der Waals surface area contributed by atoms with Gasteiger partial charge in [0.05, 0.1) is 5.69 Å². The van der Waals surface area contributed by atoms with Gasteiger partial charge in [0.15, 0.2) is 0 Å². The molecule has 0 bridgehead atoms. The predicted molar refractivity (Wildman–Crippen MR) is 156 cm³/mol. The number of halogens is 5. The molecule has 4 aromatic carbocycles. The van der Waals surface area contributed by atoms with Crippen LogP contribution in [0.25, 0.3) is 0 Å². The molecule has 1 amide bonds. The first-order valence-corrected chi connectivity index (χ1v) is 13.9. The van der Waals surface area contributed by atoms with Gasteiger partial charge in [-0.3, -0.25) is 9.35 Å². The average molecular weight is 644 g/mol. The summed E-state index contributed by atoms with van der Waals surface area (Å²) < 4.78 is 85.1. The van der Waals surface area contributed by atoms with Crippen molar-refractivity contribution in [1.29, 1.82) is 0 Å². The van der Waals surface area contributed by atoms with Crippen LogP contribution in [-0.4, -0.2) is 29.5 Å². The van der Waals surface area contributed by atoms with Gasteiger partial charge >= 0.3 is 15.8 Å². The second kappa shape index (κ2) is 13.3. The van der Waals surface area contributed by atoms with Crippen molar-refractivity contribution in [3.63, 3.8) is 0 Å². The van der Waals surface area contributed by atoms with Crippen molar-refractivity contribution >= 4 is 63.1 Å². The summed E-state index contributed by atoms with van der Waals surface area (Å²) in [5.74, 6) is -1.74. The Kier molecular flexibility index (Phi) is 10.3. The zero-order chi connectivity index (χ0) is 29.8. The van der Waals surface area contributed by atoms with Crippen LogP contribution in [0, 0.1) is 5.82 Å². The SMILES string of the molecule is Cl.O=C(Nc1ccc(O)c(N(c2ccc(F)cc2)S(=O)(=O)O)c1)c1ccc(NCc2ccc(SC(F)(F)F)cc2)cc1. The smallest absolute Gasteiger partial charge is 0.446 e. The van der Waals surface area contributed by atoms with E-state index in [0.29, 0.717) is 16.5 Å². The fourth-order valence-corrected chi connectivity index (χ4v) is 5.02. The molecule has 0 saturated carbocycles. The Hall–Kier alpha value is -3.98. The van der Waals surface area contributed by atoms with Gasteiger partial charge in [0.2, 0.25) is 0 Å². The summed E-state index contributed by atoms with van der Waals surface area (Å²) in [4.78, 5) is 12.9. The van der Waals surface area contributed by atoms with Crippen LogP contribution in [0.1, 0.15) is 15.9 Å². The molecular weight excluding hydrogens is 622 g/mol. The van der Waals surface area contributed by atoms with Crippen LogP contribution in [0.15, 0.2) is 95.9 Å². The zero-order valence-electron chi connectivity index (χ0n) is 21.2. The maximum absolute atomic E-state index is 13.3. The molecular formula is C27H22ClF4N3O5S2. The number of hydrogen-bond acceptors (Lipinski definition) is 6. The molecule has 222 valence electrons. The highest BCUT2D eigenvalue weighted by Crippen LogP contribution is 2.38. The lowest BCUT2D eigenvalue weighted by Crippen LogP contribution is -2.25. The third-order valence-corrected chi connectivity index (χ3v) is 7.15. The van der Waals surface area contributed by atoms with E-state index in [9.17, 15) is 40.4 Å². The van der Waals surface area contributed by atoms with Gasteiger partial charge in [-0.25, -0.2) is 8.70 Å². The van der Waals surface area contributed by atoms with Crippen molar-refractivity contribution in [2.24, 2.45) is 0 Å². The molecule has 0 aliphatic rings. The number of anilines is 4. The van der Waals surface area contributed by atoms with Crippen molar-refractivity contribution < 1.29 is 40.4 Å². The lowest BCUT2D eigenvalue weighted by Gasteiger charge is -2.22. The molecule has 15 heteroatoms. The summed E-state index contributed by atoms with van der Waals surface area (Å²) >= 11 is -0.192. The van der Waals surface area contributed by atoms with Gasteiger partial charge in [-0.1, -0.05) is 12.1 Å². The van der Waals surface area contributed by atoms with Gasteiger partial charge < -0.3 is 15.7 Å². The third kappa shape index (κ3) is 8.76. The van der Waals surface area contributed by atoms with E-state index in [1.54, 1.807) is 24.3 Å². The van der Waals surface area contributed by atoms with Crippen molar-refractivity contribution in [2.75, 3.05) is 14.9 Å². The average Bonchev–Trinajstić information content (AvgIpc) is 2.90. The normalized spacial score (nSPS) is 11.4. The standard InChI is InChI=1S/C27H21F4N3O5S2.ClH/c28-19-5-10-22(11-6-19)34(41(37,38)39)24-15-21(9-14-25(24)35)33-26(36)18-3-7-20(8-4-18)32-16-17-1-12-23(13-2-17)40-27(29,30)31;/h1-15,32,35H,16H2,(H,33,36)(H,37,38,39);1H. The largest absolute Gasteiger partial charge is 0.506 e. The molecule has 0 aliphatic heterocycles. The van der Waals surface area contributed by atoms with Crippen molar-refractivity contribution in [1.82, 2.24) is 0 Å². The summed E-state index contributed by atoms with van der Waals surface area (Å²) in [5, 5.41) is 16.0. The van der Waals surface area contributed by atoms with E-state index < -0.39 is 33.3 Å². The van der Waals surface area contributed by atoms with Crippen LogP contribution < -0.4 is 14.9 Å². The van der Waals surface area contributed by atoms with Gasteiger partial charge in [-0.2, -0.15) is 21.6 Å². The molecule has 0 fully saturated rings. The Bertz CT molecular complexity index is 1640. The van der Waals surface area contributed by atoms with Crippen LogP contribution in [-0.2, 0) is 16.8 Å². The number of carbonyl (C=O) groups is 1. The maximum Gasteiger partial charge on any atom is 0.446 e. The topological polar surface area (TPSA) is 119 Å². The number of phenols is 1. The number of nitrogens with zero attached hydrogens (tertiary/aromatic N) is 1. The van der Waals surface area contributed by atoms with Gasteiger partial charge in [0.25, 0.3) is 5.91 Å². The van der Waals surface area contributed by atoms with E-state index in [0.717, 1.165) is 42.0 Å². The molecule has 8 nitrogen and oxygen atoms in total. The van der Waals surface area contributed by atoms with Crippen LogP contribution in [0.5, 0.6) is 5.75 Å². The fourth-order valence-electron chi connectivity index (χ4n) is 3.69. The summed E-state index contributed by atoms with van der Waals surface area (Å²) in [6.07, 6.45) is 0. The number of hydrogen-bond donors (Lipinski definition) is 4. The first-order chi connectivity index (χ1) is 19.3. The number of aromatic hydroxyl groups is 1. The number of phenolic OH excluding ortho intramolecular Hbond substituents is 1. The minimum Gasteiger partial charge on any atom is -0.506 e. The highest BCUT2D eigenvalue weighted by molar-refractivity contribution is 8.00. The molecule has 0 saturated heterocycles. The Labute approximate surface area is 248 Å². The number of rotatable bonds is 9. The molecule has 0 spiro atoms. The minimum atomic E-state index is -4.96. The van der Waals surface area contributed by atoms with Crippen molar-refractivity contribution in [3.8, 4) is 5.75 Å². The van der Waals surface area contributed by atoms with Crippen LogP contribution in [0.4, 0.5) is 40.3 Å². The second-order valence-electron chi connectivity index (χ2n) is 8.50. The number of carbonyl (C=O) groups excluding carboxylic acids is 1. The molecule has 4 rings (SSSR count). The first-order valence-electron chi connectivity index (χ1n) is 11.6. The Morgan fingerprint density at radius 1 is 0.881 bits per heavy atom. The van der Waals surface area contributed by atoms with E-state index in [2.05, 4.69) is 10.6 Å². The van der Waals surface area contributed by atoms with Crippen LogP contribution >= 0.6 is 24.2 Å². The van der Waals surface area contributed by atoms with Gasteiger partial charge in [0.1, 0.15) is 17.3 Å². The van der Waals surface area contributed by atoms with Crippen LogP contribution in [0.2, 0.25) is 0 Å². The number of benzene rings is 4. The maximum atomic E-state index is 13.3. The fraction of sp³-hybridized carbons (Fsp3) is 0.0741. The summed E-state index contributed by atoms with van der Waals surface area (Å²) in [6.45, 7) is 0.330. The quantitative estimate of drug-likeness (QED) is 0.0651. The first kappa shape index (κ1) is 32.5. The third-order valence-electron chi connectivity index (χ3n) is 5.54. The molecule has 4 N–H and O–H groups in total. The summed E-state index contributed by atoms with van der Waals surface area (Å²) in [7, 11) is -4.96. The number of alkyl halides is 3. The Balaban J connectivity index is 0.00000484. The van der Waals surface area contributed by atoms with Crippen molar-refractivity contribution in [2.45, 2.75) is 16.9 Å². The minimum absolute atomic E-state index is 0. The monoisotopic (exact) mass is 643 g/mol. The van der Waals surface area contributed by atoms with E-state index in [1.165, 1.54) is 30.3 Å². The zero-order valence-corrected chi connectivity index (χ0v) is 23.6. The second-order valence-corrected chi connectivity index (χ2v) is 10.9. The molecule has 0 heterocycles. The summed E-state index contributed by atoms with van der Waals surface area (Å²) in [5.41, 5.74) is -3.18. The van der Waals surface area contributed by atoms with Gasteiger partial charge in [-0.05, 0) is 96.2 Å². The van der Waals surface area contributed by atoms with E-state index in [4.69, 9.17) is 0 Å². The Morgan fingerprint density at radius 2 is 1.48 bits per heavy atom. The van der Waals surface area contributed by atoms with E-state index in [-0.39, 0.29) is 51.7 Å². The molecule has 4 aromatic rings. The summed E-state index contributed by atoms with van der Waals surface area (Å²) in [6, 6.07) is 19.9. The lowest BCUT2D eigenvalue weighted by molar-refractivity contribution is -0.0328. The molecule has 0 atom stereocenters. The lowest BCUT2D eigenvalue weighted by atomic mass is 10.1. The Morgan fingerprint density at radius 3 is 2.05 bits per heavy atom. The molecule has 0 aromatic heterocycles. The van der Waals surface area contributed by atoms with Gasteiger partial charge in [0, 0.05) is 28.4 Å². The number of amides is 1. The highest BCUT2D eigenvalue weighted by Gasteiger charge is 2.29. The molecule has 0 aliphatic carbocycles. The number of nitrogens with one attached hydrogen (secondary N) is 2. The highest BCUT2D eigenvalue weighted by atomic mass is 35.5. The number of thioether (sulfide) groups is 1.